The van der Waals surface area contributed by atoms with Crippen molar-refractivity contribution in [3.63, 3.8) is 0 Å². The highest BCUT2D eigenvalue weighted by molar-refractivity contribution is 14.0. The van der Waals surface area contributed by atoms with E-state index < -0.39 is 0 Å². The summed E-state index contributed by atoms with van der Waals surface area (Å²) in [6.07, 6.45) is 4.55. The van der Waals surface area contributed by atoms with Gasteiger partial charge in [-0.05, 0) is 45.1 Å². The van der Waals surface area contributed by atoms with Crippen molar-refractivity contribution in [2.75, 3.05) is 37.8 Å². The van der Waals surface area contributed by atoms with E-state index in [1.54, 1.807) is 0 Å². The van der Waals surface area contributed by atoms with Crippen LogP contribution in [0, 0.1) is 0 Å². The van der Waals surface area contributed by atoms with Crippen molar-refractivity contribution in [2.24, 2.45) is 4.99 Å². The number of halogens is 1. The summed E-state index contributed by atoms with van der Waals surface area (Å²) < 4.78 is 0.209. The van der Waals surface area contributed by atoms with E-state index in [2.05, 4.69) is 71.0 Å². The Kier molecular flexibility index (Phi) is 9.26. The molecule has 6 heteroatoms. The van der Waals surface area contributed by atoms with Crippen molar-refractivity contribution in [1.82, 2.24) is 10.6 Å². The second-order valence-electron chi connectivity index (χ2n) is 6.65. The van der Waals surface area contributed by atoms with Gasteiger partial charge in [0.1, 0.15) is 0 Å². The van der Waals surface area contributed by atoms with Crippen LogP contribution >= 0.6 is 35.7 Å². The molecule has 1 heterocycles. The molecule has 1 aromatic rings. The van der Waals surface area contributed by atoms with Crippen LogP contribution in [0.2, 0.25) is 0 Å². The highest BCUT2D eigenvalue weighted by Gasteiger charge is 2.22. The maximum atomic E-state index is 4.38. The van der Waals surface area contributed by atoms with Crippen molar-refractivity contribution in [3.8, 4) is 0 Å². The van der Waals surface area contributed by atoms with Crippen LogP contribution in [0.15, 0.2) is 35.3 Å². The second kappa shape index (κ2) is 10.4. The standard InChI is InChI=1S/C18H30N4S.HI/c1-18(2,23-4)14-20-17(19-3)21-15-9-8-12-22(13-15)16-10-6-5-7-11-16;/h5-7,10-11,15H,8-9,12-14H2,1-4H3,(H2,19,20,21);1H. The molecular weight excluding hydrogens is 431 g/mol. The largest absolute Gasteiger partial charge is 0.369 e. The first kappa shape index (κ1) is 21.4. The number of para-hydroxylation sites is 1. The maximum absolute atomic E-state index is 4.38. The lowest BCUT2D eigenvalue weighted by Gasteiger charge is -2.35. The quantitative estimate of drug-likeness (QED) is 0.399. The third kappa shape index (κ3) is 6.70. The van der Waals surface area contributed by atoms with Crippen LogP contribution < -0.4 is 15.5 Å². The van der Waals surface area contributed by atoms with Crippen LogP contribution in [-0.4, -0.2) is 49.7 Å². The van der Waals surface area contributed by atoms with E-state index in [0.29, 0.717) is 6.04 Å². The van der Waals surface area contributed by atoms with E-state index in [-0.39, 0.29) is 28.7 Å². The van der Waals surface area contributed by atoms with E-state index in [9.17, 15) is 0 Å². The number of hydrogen-bond donors (Lipinski definition) is 2. The SMILES string of the molecule is CN=C(NCC(C)(C)SC)NC1CCCN(c2ccccc2)C1.I. The fraction of sp³-hybridized carbons (Fsp3) is 0.611. The van der Waals surface area contributed by atoms with E-state index >= 15 is 0 Å². The monoisotopic (exact) mass is 462 g/mol. The smallest absolute Gasteiger partial charge is 0.191 e. The fourth-order valence-electron chi connectivity index (χ4n) is 2.73. The summed E-state index contributed by atoms with van der Waals surface area (Å²) in [5, 5.41) is 7.05. The zero-order valence-electron chi connectivity index (χ0n) is 15.2. The highest BCUT2D eigenvalue weighted by atomic mass is 127. The number of aliphatic imine (C=N–C) groups is 1. The normalized spacial score (nSPS) is 18.8. The van der Waals surface area contributed by atoms with Gasteiger partial charge in [0.2, 0.25) is 0 Å². The summed E-state index contributed by atoms with van der Waals surface area (Å²) in [5.74, 6) is 0.909. The third-order valence-electron chi connectivity index (χ3n) is 4.34. The zero-order valence-corrected chi connectivity index (χ0v) is 18.4. The van der Waals surface area contributed by atoms with Crippen molar-refractivity contribution in [2.45, 2.75) is 37.5 Å². The van der Waals surface area contributed by atoms with Crippen LogP contribution in [0.5, 0.6) is 0 Å². The maximum Gasteiger partial charge on any atom is 0.191 e. The summed E-state index contributed by atoms with van der Waals surface area (Å²) >= 11 is 1.87. The molecule has 1 atom stereocenters. The first-order valence-corrected chi connectivity index (χ1v) is 9.59. The minimum Gasteiger partial charge on any atom is -0.369 e. The van der Waals surface area contributed by atoms with Crippen LogP contribution in [0.25, 0.3) is 0 Å². The lowest BCUT2D eigenvalue weighted by Crippen LogP contribution is -2.52. The van der Waals surface area contributed by atoms with Gasteiger partial charge in [0.15, 0.2) is 5.96 Å². The molecule has 2 rings (SSSR count). The summed E-state index contributed by atoms with van der Waals surface area (Å²) in [5.41, 5.74) is 1.31. The molecule has 2 N–H and O–H groups in total. The van der Waals surface area contributed by atoms with Crippen molar-refractivity contribution in [3.05, 3.63) is 30.3 Å². The number of thioether (sulfide) groups is 1. The van der Waals surface area contributed by atoms with Crippen LogP contribution in [0.1, 0.15) is 26.7 Å². The number of guanidine groups is 1. The molecule has 0 bridgehead atoms. The third-order valence-corrected chi connectivity index (χ3v) is 5.59. The van der Waals surface area contributed by atoms with Crippen molar-refractivity contribution >= 4 is 47.4 Å². The molecule has 4 nitrogen and oxygen atoms in total. The van der Waals surface area contributed by atoms with Crippen molar-refractivity contribution < 1.29 is 0 Å². The molecule has 1 aromatic carbocycles. The Morgan fingerprint density at radius 2 is 2.04 bits per heavy atom. The Hall–Kier alpha value is -0.630. The molecule has 0 spiro atoms. The minimum atomic E-state index is 0. The Morgan fingerprint density at radius 1 is 1.33 bits per heavy atom. The highest BCUT2D eigenvalue weighted by Crippen LogP contribution is 2.20. The molecular formula is C18H31IN4S. The van der Waals surface area contributed by atoms with E-state index in [0.717, 1.165) is 25.6 Å². The summed E-state index contributed by atoms with van der Waals surface area (Å²) in [6.45, 7) is 7.55. The molecule has 0 amide bonds. The van der Waals surface area contributed by atoms with Gasteiger partial charge in [-0.1, -0.05) is 18.2 Å². The number of hydrogen-bond acceptors (Lipinski definition) is 3. The van der Waals surface area contributed by atoms with Gasteiger partial charge in [-0.25, -0.2) is 0 Å². The molecule has 1 unspecified atom stereocenters. The molecule has 1 aliphatic heterocycles. The van der Waals surface area contributed by atoms with E-state index in [4.69, 9.17) is 0 Å². The Bertz CT molecular complexity index is 507. The predicted molar refractivity (Wildman–Crippen MR) is 119 cm³/mol. The average Bonchev–Trinajstić information content (AvgIpc) is 2.59. The number of rotatable bonds is 5. The lowest BCUT2D eigenvalue weighted by molar-refractivity contribution is 0.467. The number of nitrogens with zero attached hydrogens (tertiary/aromatic N) is 2. The molecule has 1 saturated heterocycles. The van der Waals surface area contributed by atoms with Crippen LogP contribution in [0.3, 0.4) is 0 Å². The summed E-state index contributed by atoms with van der Waals surface area (Å²) in [6, 6.07) is 11.1. The van der Waals surface area contributed by atoms with Gasteiger partial charge in [-0.15, -0.1) is 24.0 Å². The zero-order chi connectivity index (χ0) is 16.7. The first-order valence-electron chi connectivity index (χ1n) is 8.36. The second-order valence-corrected chi connectivity index (χ2v) is 8.17. The van der Waals surface area contributed by atoms with Gasteiger partial charge in [-0.2, -0.15) is 11.8 Å². The Morgan fingerprint density at radius 3 is 2.67 bits per heavy atom. The van der Waals surface area contributed by atoms with Gasteiger partial charge >= 0.3 is 0 Å². The van der Waals surface area contributed by atoms with Gasteiger partial charge in [-0.3, -0.25) is 4.99 Å². The summed E-state index contributed by atoms with van der Waals surface area (Å²) in [4.78, 5) is 6.84. The Labute approximate surface area is 168 Å². The lowest BCUT2D eigenvalue weighted by atomic mass is 10.0. The number of benzene rings is 1. The average molecular weight is 462 g/mol. The van der Waals surface area contributed by atoms with Gasteiger partial charge in [0, 0.05) is 43.2 Å². The molecule has 0 saturated carbocycles. The van der Waals surface area contributed by atoms with Gasteiger partial charge in [0.25, 0.3) is 0 Å². The minimum absolute atomic E-state index is 0. The number of anilines is 1. The fourth-order valence-corrected chi connectivity index (χ4v) is 2.94. The Balaban J connectivity index is 0.00000288. The molecule has 1 aliphatic rings. The molecule has 0 aliphatic carbocycles. The molecule has 136 valence electrons. The summed E-state index contributed by atoms with van der Waals surface area (Å²) in [7, 11) is 1.85. The topological polar surface area (TPSA) is 39.7 Å². The van der Waals surface area contributed by atoms with Crippen LogP contribution in [-0.2, 0) is 0 Å². The van der Waals surface area contributed by atoms with Gasteiger partial charge in [0.05, 0.1) is 0 Å². The van der Waals surface area contributed by atoms with E-state index in [1.807, 2.05) is 18.8 Å². The van der Waals surface area contributed by atoms with E-state index in [1.165, 1.54) is 18.5 Å². The van der Waals surface area contributed by atoms with Gasteiger partial charge < -0.3 is 15.5 Å². The number of piperidine rings is 1. The molecule has 24 heavy (non-hydrogen) atoms. The van der Waals surface area contributed by atoms with Crippen molar-refractivity contribution in [1.29, 1.82) is 0 Å². The molecule has 0 radical (unpaired) electrons. The molecule has 1 fully saturated rings. The number of nitrogens with one attached hydrogen (secondary N) is 2. The predicted octanol–water partition coefficient (Wildman–Crippen LogP) is 3.58. The first-order chi connectivity index (χ1) is 11.0. The van der Waals surface area contributed by atoms with Crippen LogP contribution in [0.4, 0.5) is 5.69 Å². The molecule has 0 aromatic heterocycles.